The number of hydrogen-bond donors (Lipinski definition) is 0. The van der Waals surface area contributed by atoms with Crippen LogP contribution in [0.5, 0.6) is 0 Å². The summed E-state index contributed by atoms with van der Waals surface area (Å²) in [5.74, 6) is -2.30. The van der Waals surface area contributed by atoms with E-state index < -0.39 is 24.3 Å². The van der Waals surface area contributed by atoms with E-state index in [-0.39, 0.29) is 38.6 Å². The van der Waals surface area contributed by atoms with Crippen molar-refractivity contribution in [2.24, 2.45) is 0 Å². The number of hydrogen-bond acceptors (Lipinski definition) is 8. The third kappa shape index (κ3) is 78.6. The number of aliphatic carboxylic acids is 1. The molecule has 0 spiro atoms. The van der Waals surface area contributed by atoms with Gasteiger partial charge in [0.2, 0.25) is 0 Å². The Kier molecular flexibility index (Phi) is 73.5. The minimum atomic E-state index is -1.63. The first-order valence-electron chi connectivity index (χ1n) is 40.3. The molecule has 9 heteroatoms. The highest BCUT2D eigenvalue weighted by Gasteiger charge is 2.22. The fourth-order valence-electron chi connectivity index (χ4n) is 11.3. The van der Waals surface area contributed by atoms with Crippen molar-refractivity contribution in [2.45, 2.75) is 360 Å². The van der Waals surface area contributed by atoms with Gasteiger partial charge >= 0.3 is 11.9 Å². The van der Waals surface area contributed by atoms with Crippen molar-refractivity contribution in [3.8, 4) is 0 Å². The standard InChI is InChI=1S/C88H151NO8/c1-6-8-10-12-14-16-18-20-22-24-26-28-30-32-34-36-38-40-42-43-45-47-49-51-53-55-57-59-61-63-65-67-69-71-73-75-77-79-86(91)97-84(83-96-88(87(92)93)94-81-80-89(3,4)5)82-95-85(90)78-76-74-72-70-68-66-64-62-60-58-56-54-52-50-48-46-44-41-39-37-35-33-31-29-27-25-23-21-19-17-15-13-11-9-7-2/h8,10,14,16,20,22,25-28,32,34,38,40,43,45,49,51,55,57,61,63,84,88H,6-7,9,11-13,15,17-19,21,23-24,29-31,33,35-37,39,41-42,44,46-48,50,52-54,56,58-60,62,64-83H2,1-5H3/b10-8-,16-14-,22-20-,27-25-,28-26-,34-32-,40-38-,45-43-,51-49-,57-55-,63-61-. The lowest BCUT2D eigenvalue weighted by molar-refractivity contribution is -0.870. The maximum atomic E-state index is 13.0. The summed E-state index contributed by atoms with van der Waals surface area (Å²) in [4.78, 5) is 37.6. The molecule has 0 aliphatic rings. The van der Waals surface area contributed by atoms with Gasteiger partial charge < -0.3 is 33.3 Å². The Balaban J connectivity index is 4.10. The first-order chi connectivity index (χ1) is 47.6. The Hall–Kier alpha value is -4.57. The molecule has 0 aromatic heterocycles. The molecule has 0 aromatic rings. The van der Waals surface area contributed by atoms with E-state index in [1.807, 2.05) is 21.1 Å². The summed E-state index contributed by atoms with van der Waals surface area (Å²) in [5, 5.41) is 11.9. The summed E-state index contributed by atoms with van der Waals surface area (Å²) in [7, 11) is 5.93. The smallest absolute Gasteiger partial charge is 0.306 e. The quantitative estimate of drug-likeness (QED) is 0.0195. The second kappa shape index (κ2) is 77.2. The molecule has 0 amide bonds. The molecule has 0 aliphatic carbocycles. The first-order valence-corrected chi connectivity index (χ1v) is 40.3. The van der Waals surface area contributed by atoms with Crippen LogP contribution in [-0.2, 0) is 33.3 Å². The van der Waals surface area contributed by atoms with Gasteiger partial charge in [-0.2, -0.15) is 0 Å². The van der Waals surface area contributed by atoms with Crippen LogP contribution >= 0.6 is 0 Å². The number of quaternary nitrogens is 1. The van der Waals surface area contributed by atoms with Crippen LogP contribution in [0.4, 0.5) is 0 Å². The van der Waals surface area contributed by atoms with E-state index in [1.54, 1.807) is 0 Å². The largest absolute Gasteiger partial charge is 0.545 e. The molecule has 0 saturated heterocycles. The number of carboxylic acids is 1. The summed E-state index contributed by atoms with van der Waals surface area (Å²) in [6, 6.07) is 0. The van der Waals surface area contributed by atoms with Crippen LogP contribution in [-0.4, -0.2) is 82.3 Å². The molecule has 97 heavy (non-hydrogen) atoms. The van der Waals surface area contributed by atoms with E-state index in [1.165, 1.54) is 193 Å². The van der Waals surface area contributed by atoms with Crippen LogP contribution in [0, 0.1) is 0 Å². The fourth-order valence-corrected chi connectivity index (χ4v) is 11.3. The van der Waals surface area contributed by atoms with Crippen molar-refractivity contribution in [2.75, 3.05) is 47.5 Å². The normalized spacial score (nSPS) is 13.4. The Labute approximate surface area is 599 Å². The van der Waals surface area contributed by atoms with Crippen molar-refractivity contribution in [1.82, 2.24) is 0 Å². The molecular formula is C88H151NO8. The number of ether oxygens (including phenoxy) is 4. The van der Waals surface area contributed by atoms with Crippen molar-refractivity contribution in [1.29, 1.82) is 0 Å². The summed E-state index contributed by atoms with van der Waals surface area (Å²) in [5.41, 5.74) is 0. The summed E-state index contributed by atoms with van der Waals surface area (Å²) in [6.07, 6.45) is 109. The van der Waals surface area contributed by atoms with Crippen LogP contribution < -0.4 is 5.11 Å². The molecule has 0 radical (unpaired) electrons. The highest BCUT2D eigenvalue weighted by molar-refractivity contribution is 5.70. The van der Waals surface area contributed by atoms with Crippen molar-refractivity contribution in [3.63, 3.8) is 0 Å². The summed E-state index contributed by atoms with van der Waals surface area (Å²) >= 11 is 0. The van der Waals surface area contributed by atoms with Gasteiger partial charge in [0.1, 0.15) is 13.2 Å². The zero-order chi connectivity index (χ0) is 70.4. The molecule has 0 heterocycles. The van der Waals surface area contributed by atoms with E-state index in [0.29, 0.717) is 17.4 Å². The number of rotatable bonds is 74. The van der Waals surface area contributed by atoms with E-state index in [0.717, 1.165) is 122 Å². The molecule has 2 atom stereocenters. The van der Waals surface area contributed by atoms with Crippen molar-refractivity contribution < 1.29 is 42.9 Å². The first kappa shape index (κ1) is 92.4. The molecule has 0 saturated carbocycles. The maximum absolute atomic E-state index is 13.0. The Morgan fingerprint density at radius 1 is 0.320 bits per heavy atom. The molecule has 2 unspecified atom stereocenters. The van der Waals surface area contributed by atoms with Crippen LogP contribution in [0.25, 0.3) is 0 Å². The van der Waals surface area contributed by atoms with Crippen LogP contribution in [0.1, 0.15) is 348 Å². The van der Waals surface area contributed by atoms with Gasteiger partial charge in [0.05, 0.1) is 40.3 Å². The molecule has 0 rings (SSSR count). The van der Waals surface area contributed by atoms with Crippen LogP contribution in [0.15, 0.2) is 134 Å². The van der Waals surface area contributed by atoms with Gasteiger partial charge in [0.25, 0.3) is 0 Å². The van der Waals surface area contributed by atoms with Gasteiger partial charge in [-0.05, 0) is 116 Å². The lowest BCUT2D eigenvalue weighted by Gasteiger charge is -2.26. The number of allylic oxidation sites excluding steroid dienone is 22. The Bertz CT molecular complexity index is 2060. The fraction of sp³-hybridized carbons (Fsp3) is 0.716. The number of carboxylic acid groups (broad SMARTS) is 1. The minimum Gasteiger partial charge on any atom is -0.545 e. The number of unbranched alkanes of at least 4 members (excludes halogenated alkanes) is 37. The van der Waals surface area contributed by atoms with Crippen molar-refractivity contribution >= 4 is 17.9 Å². The predicted octanol–water partition coefficient (Wildman–Crippen LogP) is 24.7. The van der Waals surface area contributed by atoms with E-state index in [4.69, 9.17) is 18.9 Å². The maximum Gasteiger partial charge on any atom is 0.306 e. The molecule has 0 aromatic carbocycles. The van der Waals surface area contributed by atoms with Gasteiger partial charge in [-0.3, -0.25) is 9.59 Å². The average molecular weight is 1350 g/mol. The zero-order valence-corrected chi connectivity index (χ0v) is 63.7. The molecule has 0 aliphatic heterocycles. The second-order valence-electron chi connectivity index (χ2n) is 28.0. The number of nitrogens with zero attached hydrogens (tertiary/aromatic N) is 1. The van der Waals surface area contributed by atoms with Gasteiger partial charge in [0.15, 0.2) is 12.4 Å². The van der Waals surface area contributed by atoms with Gasteiger partial charge in [-0.15, -0.1) is 0 Å². The molecule has 556 valence electrons. The van der Waals surface area contributed by atoms with Gasteiger partial charge in [-0.1, -0.05) is 353 Å². The third-order valence-electron chi connectivity index (χ3n) is 17.4. The molecule has 0 N–H and O–H groups in total. The van der Waals surface area contributed by atoms with Gasteiger partial charge in [-0.25, -0.2) is 0 Å². The summed E-state index contributed by atoms with van der Waals surface area (Å²) < 4.78 is 22.8. The molecule has 9 nitrogen and oxygen atoms in total. The minimum absolute atomic E-state index is 0.140. The monoisotopic (exact) mass is 1350 g/mol. The lowest BCUT2D eigenvalue weighted by atomic mass is 10.0. The zero-order valence-electron chi connectivity index (χ0n) is 63.7. The van der Waals surface area contributed by atoms with E-state index in [2.05, 4.69) is 148 Å². The van der Waals surface area contributed by atoms with Gasteiger partial charge in [0, 0.05) is 12.8 Å². The lowest BCUT2D eigenvalue weighted by Crippen LogP contribution is -2.44. The van der Waals surface area contributed by atoms with E-state index in [9.17, 15) is 19.5 Å². The molecular weight excluding hydrogens is 1200 g/mol. The third-order valence-corrected chi connectivity index (χ3v) is 17.4. The second-order valence-corrected chi connectivity index (χ2v) is 28.0. The number of esters is 2. The highest BCUT2D eigenvalue weighted by atomic mass is 16.7. The SMILES string of the molecule is CC/C=C\C/C=C\C/C=C\C/C=C\C/C=C\C/C=C\C/C=C\C/C=C\C/C=C\C/C=C\CCCCCCCCC(=O)OC(COC(=O)CCCCCCCCCCCCCCCCCCCCCCCCC/C=C\CCCCCCCCCC)COC(OCC[N+](C)(C)C)C(=O)[O-]. The van der Waals surface area contributed by atoms with Crippen molar-refractivity contribution in [3.05, 3.63) is 134 Å². The topological polar surface area (TPSA) is 111 Å². The Morgan fingerprint density at radius 3 is 0.887 bits per heavy atom. The molecule has 0 bridgehead atoms. The number of carbonyl (C=O) groups excluding carboxylic acids is 3. The Morgan fingerprint density at radius 2 is 0.588 bits per heavy atom. The average Bonchev–Trinajstić information content (AvgIpc) is 3.11. The van der Waals surface area contributed by atoms with E-state index >= 15 is 0 Å². The summed E-state index contributed by atoms with van der Waals surface area (Å²) in [6.45, 7) is 4.64. The number of likely N-dealkylation sites (N-methyl/N-ethyl adjacent to an activating group) is 1. The van der Waals surface area contributed by atoms with Crippen LogP contribution in [0.3, 0.4) is 0 Å². The molecule has 0 fully saturated rings. The number of carbonyl (C=O) groups is 3. The predicted molar refractivity (Wildman–Crippen MR) is 416 cm³/mol. The highest BCUT2D eigenvalue weighted by Crippen LogP contribution is 2.18. The van der Waals surface area contributed by atoms with Crippen LogP contribution in [0.2, 0.25) is 0 Å².